The number of ether oxygens (including phenoxy) is 2. The average molecular weight is 383 g/mol. The molecule has 0 aliphatic carbocycles. The Bertz CT molecular complexity index is 869. The van der Waals surface area contributed by atoms with Crippen molar-refractivity contribution in [3.63, 3.8) is 0 Å². The highest BCUT2D eigenvalue weighted by molar-refractivity contribution is 7.80. The molecule has 2 aromatic heterocycles. The molecule has 0 amide bonds. The Hall–Kier alpha value is -3.06. The molecule has 0 fully saturated rings. The molecule has 3 aromatic rings. The lowest BCUT2D eigenvalue weighted by molar-refractivity contribution is 0.356. The van der Waals surface area contributed by atoms with Crippen LogP contribution in [0.25, 0.3) is 0 Å². The lowest BCUT2D eigenvalue weighted by Crippen LogP contribution is -2.34. The molecule has 0 aliphatic heterocycles. The summed E-state index contributed by atoms with van der Waals surface area (Å²) in [5, 5.41) is 3.78. The van der Waals surface area contributed by atoms with Crippen LogP contribution in [0.1, 0.15) is 11.5 Å². The Morgan fingerprint density at radius 2 is 2.00 bits per heavy atom. The summed E-state index contributed by atoms with van der Waals surface area (Å²) in [4.78, 5) is 6.38. The van der Waals surface area contributed by atoms with Crippen molar-refractivity contribution < 1.29 is 13.9 Å². The largest absolute Gasteiger partial charge is 0.497 e. The molecule has 1 N–H and O–H groups in total. The third-order valence-corrected chi connectivity index (χ3v) is 4.30. The minimum atomic E-state index is 0.516. The molecule has 2 heterocycles. The summed E-state index contributed by atoms with van der Waals surface area (Å²) in [6, 6.07) is 15.1. The van der Waals surface area contributed by atoms with Crippen LogP contribution in [0, 0.1) is 0 Å². The van der Waals surface area contributed by atoms with Crippen molar-refractivity contribution in [1.82, 2.24) is 9.88 Å². The number of rotatable bonds is 7. The van der Waals surface area contributed by atoms with E-state index in [1.165, 1.54) is 0 Å². The summed E-state index contributed by atoms with van der Waals surface area (Å²) in [6.07, 6.45) is 3.41. The molecular weight excluding hydrogens is 362 g/mol. The fourth-order valence-electron chi connectivity index (χ4n) is 2.58. The van der Waals surface area contributed by atoms with Crippen LogP contribution in [0.3, 0.4) is 0 Å². The van der Waals surface area contributed by atoms with Gasteiger partial charge in [-0.15, -0.1) is 0 Å². The SMILES string of the molecule is COc1ccc(OC)c(NC(=S)N(Cc2ccccn2)Cc2ccco2)c1. The van der Waals surface area contributed by atoms with Gasteiger partial charge in [-0.1, -0.05) is 6.07 Å². The zero-order chi connectivity index (χ0) is 19.1. The van der Waals surface area contributed by atoms with Crippen LogP contribution in [-0.4, -0.2) is 29.2 Å². The van der Waals surface area contributed by atoms with E-state index in [-0.39, 0.29) is 0 Å². The van der Waals surface area contributed by atoms with Gasteiger partial charge in [-0.3, -0.25) is 4.98 Å². The van der Waals surface area contributed by atoms with Crippen LogP contribution in [-0.2, 0) is 13.1 Å². The summed E-state index contributed by atoms with van der Waals surface area (Å²) in [5.41, 5.74) is 1.64. The van der Waals surface area contributed by atoms with Gasteiger partial charge in [-0.05, 0) is 48.6 Å². The number of thiocarbonyl (C=S) groups is 1. The zero-order valence-electron chi connectivity index (χ0n) is 15.2. The molecule has 0 saturated heterocycles. The van der Waals surface area contributed by atoms with E-state index in [4.69, 9.17) is 26.1 Å². The van der Waals surface area contributed by atoms with Gasteiger partial charge in [0.05, 0.1) is 45.0 Å². The number of pyridine rings is 1. The molecular formula is C20H21N3O3S. The monoisotopic (exact) mass is 383 g/mol. The molecule has 0 radical (unpaired) electrons. The van der Waals surface area contributed by atoms with Crippen molar-refractivity contribution in [1.29, 1.82) is 0 Å². The molecule has 0 bridgehead atoms. The zero-order valence-corrected chi connectivity index (χ0v) is 16.0. The highest BCUT2D eigenvalue weighted by atomic mass is 32.1. The van der Waals surface area contributed by atoms with Crippen LogP contribution >= 0.6 is 12.2 Å². The topological polar surface area (TPSA) is 59.8 Å². The van der Waals surface area contributed by atoms with Crippen LogP contribution in [0.2, 0.25) is 0 Å². The number of nitrogens with one attached hydrogen (secondary N) is 1. The van der Waals surface area contributed by atoms with Gasteiger partial charge < -0.3 is 24.1 Å². The van der Waals surface area contributed by atoms with Crippen LogP contribution in [0.4, 0.5) is 5.69 Å². The molecule has 7 heteroatoms. The lowest BCUT2D eigenvalue weighted by atomic mass is 10.2. The molecule has 0 atom stereocenters. The van der Waals surface area contributed by atoms with Crippen molar-refractivity contribution >= 4 is 23.0 Å². The number of methoxy groups -OCH3 is 2. The fourth-order valence-corrected chi connectivity index (χ4v) is 2.82. The molecule has 140 valence electrons. The molecule has 0 saturated carbocycles. The average Bonchev–Trinajstić information content (AvgIpc) is 3.21. The van der Waals surface area contributed by atoms with Crippen LogP contribution in [0.5, 0.6) is 11.5 Å². The normalized spacial score (nSPS) is 10.3. The van der Waals surface area contributed by atoms with E-state index in [2.05, 4.69) is 10.3 Å². The molecule has 0 spiro atoms. The Kier molecular flexibility index (Phi) is 6.27. The second kappa shape index (κ2) is 9.05. The number of nitrogens with zero attached hydrogens (tertiary/aromatic N) is 2. The van der Waals surface area contributed by atoms with E-state index in [0.29, 0.717) is 29.7 Å². The third-order valence-electron chi connectivity index (χ3n) is 3.94. The molecule has 6 nitrogen and oxygen atoms in total. The minimum Gasteiger partial charge on any atom is -0.497 e. The predicted molar refractivity (Wildman–Crippen MR) is 108 cm³/mol. The highest BCUT2D eigenvalue weighted by Crippen LogP contribution is 2.29. The van der Waals surface area contributed by atoms with Crippen molar-refractivity contribution in [3.05, 3.63) is 72.4 Å². The molecule has 3 rings (SSSR count). The summed E-state index contributed by atoms with van der Waals surface area (Å²) in [7, 11) is 3.23. The number of benzene rings is 1. The van der Waals surface area contributed by atoms with Crippen molar-refractivity contribution in [2.24, 2.45) is 0 Å². The van der Waals surface area contributed by atoms with Gasteiger partial charge in [-0.25, -0.2) is 0 Å². The van der Waals surface area contributed by atoms with Gasteiger partial charge in [0.25, 0.3) is 0 Å². The first-order valence-electron chi connectivity index (χ1n) is 8.40. The maximum Gasteiger partial charge on any atom is 0.174 e. The summed E-state index contributed by atoms with van der Waals surface area (Å²) < 4.78 is 16.2. The van der Waals surface area contributed by atoms with Gasteiger partial charge in [0.1, 0.15) is 17.3 Å². The maximum absolute atomic E-state index is 5.67. The molecule has 27 heavy (non-hydrogen) atoms. The Labute approximate surface area is 163 Å². The van der Waals surface area contributed by atoms with Crippen molar-refractivity contribution in [3.8, 4) is 11.5 Å². The van der Waals surface area contributed by atoms with E-state index >= 15 is 0 Å². The first-order valence-corrected chi connectivity index (χ1v) is 8.80. The number of hydrogen-bond acceptors (Lipinski definition) is 5. The highest BCUT2D eigenvalue weighted by Gasteiger charge is 2.16. The summed E-state index contributed by atoms with van der Waals surface area (Å²) >= 11 is 5.67. The molecule has 0 unspecified atom stereocenters. The van der Waals surface area contributed by atoms with Crippen LogP contribution in [0.15, 0.2) is 65.4 Å². The number of aromatic nitrogens is 1. The lowest BCUT2D eigenvalue weighted by Gasteiger charge is -2.25. The van der Waals surface area contributed by atoms with Gasteiger partial charge in [-0.2, -0.15) is 0 Å². The maximum atomic E-state index is 5.67. The van der Waals surface area contributed by atoms with E-state index in [1.807, 2.05) is 53.4 Å². The predicted octanol–water partition coefficient (Wildman–Crippen LogP) is 4.09. The van der Waals surface area contributed by atoms with E-state index in [9.17, 15) is 0 Å². The van der Waals surface area contributed by atoms with Gasteiger partial charge >= 0.3 is 0 Å². The van der Waals surface area contributed by atoms with E-state index in [0.717, 1.165) is 17.1 Å². The van der Waals surface area contributed by atoms with Crippen molar-refractivity contribution in [2.45, 2.75) is 13.1 Å². The quantitative estimate of drug-likeness (QED) is 0.617. The van der Waals surface area contributed by atoms with Crippen LogP contribution < -0.4 is 14.8 Å². The second-order valence-electron chi connectivity index (χ2n) is 5.75. The van der Waals surface area contributed by atoms with Gasteiger partial charge in [0, 0.05) is 12.3 Å². The Morgan fingerprint density at radius 1 is 1.11 bits per heavy atom. The third kappa shape index (κ3) is 4.98. The molecule has 0 aliphatic rings. The fraction of sp³-hybridized carbons (Fsp3) is 0.200. The first-order chi connectivity index (χ1) is 13.2. The van der Waals surface area contributed by atoms with Gasteiger partial charge in [0.2, 0.25) is 0 Å². The van der Waals surface area contributed by atoms with E-state index in [1.54, 1.807) is 26.7 Å². The van der Waals surface area contributed by atoms with Gasteiger partial charge in [0.15, 0.2) is 5.11 Å². The van der Waals surface area contributed by atoms with E-state index < -0.39 is 0 Å². The summed E-state index contributed by atoms with van der Waals surface area (Å²) in [5.74, 6) is 2.20. The first kappa shape index (κ1) is 18.7. The summed E-state index contributed by atoms with van der Waals surface area (Å²) in [6.45, 7) is 1.06. The number of furan rings is 1. The van der Waals surface area contributed by atoms with Crippen molar-refractivity contribution in [2.75, 3.05) is 19.5 Å². The smallest absolute Gasteiger partial charge is 0.174 e. The standard InChI is InChI=1S/C20H21N3O3S/c1-24-16-8-9-19(25-2)18(12-16)22-20(27)23(14-17-7-5-11-26-17)13-15-6-3-4-10-21-15/h3-12H,13-14H2,1-2H3,(H,22,27). The Balaban J connectivity index is 1.82. The number of hydrogen-bond donors (Lipinski definition) is 1. The Morgan fingerprint density at radius 3 is 2.67 bits per heavy atom. The second-order valence-corrected chi connectivity index (χ2v) is 6.14. The minimum absolute atomic E-state index is 0.516. The molecule has 1 aromatic carbocycles. The number of anilines is 1.